The van der Waals surface area contributed by atoms with E-state index >= 15 is 0 Å². The average molecular weight is 339 g/mol. The van der Waals surface area contributed by atoms with Crippen molar-refractivity contribution < 1.29 is 9.32 Å². The van der Waals surface area contributed by atoms with Gasteiger partial charge in [-0.3, -0.25) is 4.79 Å². The Kier molecular flexibility index (Phi) is 4.32. The Morgan fingerprint density at radius 2 is 2.12 bits per heavy atom. The van der Waals surface area contributed by atoms with Crippen LogP contribution in [-0.2, 0) is 11.2 Å². The highest BCUT2D eigenvalue weighted by molar-refractivity contribution is 5.85. The number of piperidine rings is 1. The number of rotatable bonds is 3. The minimum absolute atomic E-state index is 0.0199. The van der Waals surface area contributed by atoms with Crippen LogP contribution in [0.1, 0.15) is 73.7 Å². The van der Waals surface area contributed by atoms with Crippen molar-refractivity contribution in [2.75, 3.05) is 13.1 Å². The van der Waals surface area contributed by atoms with Crippen molar-refractivity contribution >= 4 is 5.91 Å². The molecule has 0 unspecified atom stereocenters. The molecule has 4 rings (SSSR count). The molecule has 2 aliphatic rings. The van der Waals surface area contributed by atoms with Gasteiger partial charge < -0.3 is 9.42 Å². The van der Waals surface area contributed by atoms with Gasteiger partial charge in [0, 0.05) is 24.9 Å². The minimum Gasteiger partial charge on any atom is -0.341 e. The van der Waals surface area contributed by atoms with Gasteiger partial charge in [0.05, 0.1) is 5.92 Å². The Morgan fingerprint density at radius 3 is 2.92 bits per heavy atom. The Hall–Kier alpha value is -2.17. The largest absolute Gasteiger partial charge is 0.341 e. The van der Waals surface area contributed by atoms with Crippen molar-refractivity contribution in [3.05, 3.63) is 47.1 Å². The maximum Gasteiger partial charge on any atom is 0.230 e. The van der Waals surface area contributed by atoms with E-state index in [1.807, 2.05) is 24.8 Å². The van der Waals surface area contributed by atoms with Crippen LogP contribution in [0.4, 0.5) is 0 Å². The Balaban J connectivity index is 1.48. The van der Waals surface area contributed by atoms with Gasteiger partial charge in [0.1, 0.15) is 0 Å². The summed E-state index contributed by atoms with van der Waals surface area (Å²) in [5, 5.41) is 4.16. The lowest BCUT2D eigenvalue weighted by Crippen LogP contribution is -2.41. The summed E-state index contributed by atoms with van der Waals surface area (Å²) in [5.41, 5.74) is 2.55. The molecule has 1 aromatic carbocycles. The summed E-state index contributed by atoms with van der Waals surface area (Å²) in [7, 11) is 0. The molecule has 2 atom stereocenters. The number of aryl methyl sites for hydroxylation is 1. The second-order valence-corrected chi connectivity index (χ2v) is 7.56. The van der Waals surface area contributed by atoms with Gasteiger partial charge in [0.2, 0.25) is 11.8 Å². The number of amides is 1. The molecule has 25 heavy (non-hydrogen) atoms. The molecular weight excluding hydrogens is 314 g/mol. The molecule has 5 nitrogen and oxygen atoms in total. The van der Waals surface area contributed by atoms with E-state index in [1.54, 1.807) is 0 Å². The zero-order chi connectivity index (χ0) is 17.4. The van der Waals surface area contributed by atoms with E-state index < -0.39 is 0 Å². The number of carbonyl (C=O) groups is 1. The molecule has 1 amide bonds. The van der Waals surface area contributed by atoms with Crippen LogP contribution in [0.2, 0.25) is 0 Å². The van der Waals surface area contributed by atoms with Crippen LogP contribution in [0, 0.1) is 0 Å². The lowest BCUT2D eigenvalue weighted by molar-refractivity contribution is -0.134. The van der Waals surface area contributed by atoms with E-state index in [1.165, 1.54) is 11.1 Å². The minimum atomic E-state index is 0.0199. The summed E-state index contributed by atoms with van der Waals surface area (Å²) in [4.78, 5) is 19.7. The lowest BCUT2D eigenvalue weighted by atomic mass is 9.94. The van der Waals surface area contributed by atoms with E-state index in [2.05, 4.69) is 28.3 Å². The highest BCUT2D eigenvalue weighted by Gasteiger charge is 2.35. The summed E-state index contributed by atoms with van der Waals surface area (Å²) < 4.78 is 5.36. The fraction of sp³-hybridized carbons (Fsp3) is 0.550. The Labute approximate surface area is 148 Å². The van der Waals surface area contributed by atoms with Gasteiger partial charge in [-0.1, -0.05) is 43.3 Å². The molecule has 1 saturated heterocycles. The average Bonchev–Trinajstić information content (AvgIpc) is 3.28. The van der Waals surface area contributed by atoms with Crippen LogP contribution in [0.3, 0.4) is 0 Å². The van der Waals surface area contributed by atoms with Crippen molar-refractivity contribution in [2.45, 2.75) is 57.3 Å². The highest BCUT2D eigenvalue weighted by Crippen LogP contribution is 2.36. The molecule has 0 N–H and O–H groups in total. The third-order valence-electron chi connectivity index (χ3n) is 5.48. The Morgan fingerprint density at radius 1 is 1.28 bits per heavy atom. The van der Waals surface area contributed by atoms with Gasteiger partial charge in [-0.2, -0.15) is 4.98 Å². The predicted octanol–water partition coefficient (Wildman–Crippen LogP) is 3.63. The van der Waals surface area contributed by atoms with Crippen molar-refractivity contribution in [3.8, 4) is 0 Å². The molecule has 132 valence electrons. The number of nitrogens with zero attached hydrogens (tertiary/aromatic N) is 3. The molecular formula is C20H25N3O2. The summed E-state index contributed by atoms with van der Waals surface area (Å²) in [6.45, 7) is 5.63. The molecule has 5 heteroatoms. The monoisotopic (exact) mass is 339 g/mol. The number of hydrogen-bond donors (Lipinski definition) is 0. The number of aromatic nitrogens is 2. The Bertz CT molecular complexity index is 768. The molecule has 2 heterocycles. The van der Waals surface area contributed by atoms with Crippen molar-refractivity contribution in [3.63, 3.8) is 0 Å². The van der Waals surface area contributed by atoms with Crippen molar-refractivity contribution in [1.29, 1.82) is 0 Å². The van der Waals surface area contributed by atoms with E-state index in [4.69, 9.17) is 4.52 Å². The zero-order valence-corrected chi connectivity index (χ0v) is 14.9. The van der Waals surface area contributed by atoms with Gasteiger partial charge in [-0.25, -0.2) is 0 Å². The van der Waals surface area contributed by atoms with E-state index in [0.717, 1.165) is 38.1 Å². The number of hydrogen-bond acceptors (Lipinski definition) is 4. The molecule has 1 aliphatic heterocycles. The summed E-state index contributed by atoms with van der Waals surface area (Å²) >= 11 is 0. The first-order chi connectivity index (χ1) is 12.1. The number of likely N-dealkylation sites (tertiary alicyclic amines) is 1. The summed E-state index contributed by atoms with van der Waals surface area (Å²) in [5.74, 6) is 2.15. The van der Waals surface area contributed by atoms with Gasteiger partial charge in [-0.15, -0.1) is 0 Å². The number of benzene rings is 1. The maximum atomic E-state index is 13.1. The van der Waals surface area contributed by atoms with Gasteiger partial charge in [0.25, 0.3) is 0 Å². The smallest absolute Gasteiger partial charge is 0.230 e. The first-order valence-corrected chi connectivity index (χ1v) is 9.33. The first-order valence-electron chi connectivity index (χ1n) is 9.33. The fourth-order valence-corrected chi connectivity index (χ4v) is 4.07. The molecule has 0 bridgehead atoms. The molecule has 1 fully saturated rings. The second-order valence-electron chi connectivity index (χ2n) is 7.56. The lowest BCUT2D eigenvalue weighted by Gasteiger charge is -2.33. The number of carbonyl (C=O) groups excluding carboxylic acids is 1. The topological polar surface area (TPSA) is 59.2 Å². The standard InChI is InChI=1S/C20H25N3O2/c1-13(2)19-21-18(22-25-19)15-7-5-11-23(12-15)20(24)17-10-9-14-6-3-4-8-16(14)17/h3-4,6,8,13,15,17H,5,7,9-12H2,1-2H3/t15-,17+/m0/s1. The van der Waals surface area contributed by atoms with Crippen LogP contribution >= 0.6 is 0 Å². The van der Waals surface area contributed by atoms with E-state index in [-0.39, 0.29) is 23.7 Å². The number of fused-ring (bicyclic) bond motifs is 1. The first kappa shape index (κ1) is 16.3. The third kappa shape index (κ3) is 3.08. The van der Waals surface area contributed by atoms with Gasteiger partial charge >= 0.3 is 0 Å². The summed E-state index contributed by atoms with van der Waals surface area (Å²) in [6.07, 6.45) is 3.95. The maximum absolute atomic E-state index is 13.1. The van der Waals surface area contributed by atoms with Gasteiger partial charge in [-0.05, 0) is 36.8 Å². The van der Waals surface area contributed by atoms with Crippen molar-refractivity contribution in [2.24, 2.45) is 0 Å². The van der Waals surface area contributed by atoms with Crippen molar-refractivity contribution in [1.82, 2.24) is 15.0 Å². The van der Waals surface area contributed by atoms with Crippen LogP contribution < -0.4 is 0 Å². The fourth-order valence-electron chi connectivity index (χ4n) is 4.07. The zero-order valence-electron chi connectivity index (χ0n) is 14.9. The highest BCUT2D eigenvalue weighted by atomic mass is 16.5. The van der Waals surface area contributed by atoms with Crippen LogP contribution in [0.5, 0.6) is 0 Å². The summed E-state index contributed by atoms with van der Waals surface area (Å²) in [6, 6.07) is 8.36. The quantitative estimate of drug-likeness (QED) is 0.857. The van der Waals surface area contributed by atoms with Gasteiger partial charge in [0.15, 0.2) is 5.82 Å². The molecule has 0 saturated carbocycles. The van der Waals surface area contributed by atoms with Crippen LogP contribution in [-0.4, -0.2) is 34.0 Å². The second kappa shape index (κ2) is 6.62. The molecule has 0 spiro atoms. The van der Waals surface area contributed by atoms with Crippen LogP contribution in [0.15, 0.2) is 28.8 Å². The molecule has 1 aliphatic carbocycles. The SMILES string of the molecule is CC(C)c1nc([C@H]2CCCN(C(=O)[C@@H]3CCc4ccccc43)C2)no1. The predicted molar refractivity (Wildman–Crippen MR) is 94.4 cm³/mol. The van der Waals surface area contributed by atoms with Crippen LogP contribution in [0.25, 0.3) is 0 Å². The molecule has 0 radical (unpaired) electrons. The van der Waals surface area contributed by atoms with E-state index in [0.29, 0.717) is 12.4 Å². The molecule has 1 aromatic heterocycles. The third-order valence-corrected chi connectivity index (χ3v) is 5.48. The normalized spacial score (nSPS) is 23.1. The van der Waals surface area contributed by atoms with E-state index in [9.17, 15) is 4.79 Å². The molecule has 2 aromatic rings.